The molecule has 0 aromatic heterocycles. The highest BCUT2D eigenvalue weighted by atomic mass is 16.2. The molecule has 2 rings (SSSR count). The third-order valence-electron chi connectivity index (χ3n) is 3.74. The van der Waals surface area contributed by atoms with Crippen LogP contribution in [-0.2, 0) is 9.59 Å². The van der Waals surface area contributed by atoms with Gasteiger partial charge in [0.25, 0.3) is 0 Å². The van der Waals surface area contributed by atoms with E-state index in [9.17, 15) is 9.59 Å². The molecule has 15 heavy (non-hydrogen) atoms. The van der Waals surface area contributed by atoms with Gasteiger partial charge in [0.2, 0.25) is 0 Å². The molecule has 0 atom stereocenters. The van der Waals surface area contributed by atoms with Crippen LogP contribution in [0.1, 0.15) is 52.9 Å². The summed E-state index contributed by atoms with van der Waals surface area (Å²) in [7, 11) is 0. The number of hydrogen-bond donors (Lipinski definition) is 0. The lowest BCUT2D eigenvalue weighted by Crippen LogP contribution is -2.41. The van der Waals surface area contributed by atoms with E-state index in [0.29, 0.717) is 17.8 Å². The molecule has 0 saturated heterocycles. The predicted octanol–water partition coefficient (Wildman–Crippen LogP) is 2.75. The molecule has 0 aliphatic heterocycles. The third-order valence-corrected chi connectivity index (χ3v) is 3.74. The lowest BCUT2D eigenvalue weighted by atomic mass is 9.57. The fourth-order valence-electron chi connectivity index (χ4n) is 3.33. The minimum absolute atomic E-state index is 0.161. The number of rotatable bonds is 1. The first-order valence-corrected chi connectivity index (χ1v) is 5.86. The smallest absolute Gasteiger partial charge is 0.146 e. The normalized spacial score (nSPS) is 36.1. The maximum atomic E-state index is 11.7. The van der Waals surface area contributed by atoms with Crippen molar-refractivity contribution in [2.45, 2.75) is 52.9 Å². The Balaban J connectivity index is 1.92. The fourth-order valence-corrected chi connectivity index (χ4v) is 3.33. The van der Waals surface area contributed by atoms with Crippen LogP contribution in [0.4, 0.5) is 0 Å². The molecule has 0 aromatic carbocycles. The molecule has 2 heteroatoms. The molecular weight excluding hydrogens is 188 g/mol. The van der Waals surface area contributed by atoms with E-state index in [1.807, 2.05) is 0 Å². The molecule has 0 amide bonds. The van der Waals surface area contributed by atoms with Gasteiger partial charge in [-0.15, -0.1) is 0 Å². The summed E-state index contributed by atoms with van der Waals surface area (Å²) in [6.07, 6.45) is 3.86. The molecule has 2 aliphatic carbocycles. The van der Waals surface area contributed by atoms with Gasteiger partial charge in [-0.25, -0.2) is 0 Å². The average Bonchev–Trinajstić information content (AvgIpc) is 2.22. The Hall–Kier alpha value is -0.660. The summed E-state index contributed by atoms with van der Waals surface area (Å²) in [5, 5.41) is 0. The SMILES string of the molecule is CC(C)(C)CC1CC2(CC(=O)CC2=O)C1. The highest BCUT2D eigenvalue weighted by molar-refractivity contribution is 6.09. The molecular formula is C13H20O2. The van der Waals surface area contributed by atoms with E-state index in [-0.39, 0.29) is 23.4 Å². The van der Waals surface area contributed by atoms with Crippen LogP contribution in [0.5, 0.6) is 0 Å². The minimum Gasteiger partial charge on any atom is -0.299 e. The maximum Gasteiger partial charge on any atom is 0.146 e. The van der Waals surface area contributed by atoms with Gasteiger partial charge in [-0.1, -0.05) is 20.8 Å². The summed E-state index contributed by atoms with van der Waals surface area (Å²) in [6, 6.07) is 0. The van der Waals surface area contributed by atoms with Crippen LogP contribution in [0, 0.1) is 16.7 Å². The first-order valence-electron chi connectivity index (χ1n) is 5.86. The van der Waals surface area contributed by atoms with E-state index in [0.717, 1.165) is 12.8 Å². The predicted molar refractivity (Wildman–Crippen MR) is 58.5 cm³/mol. The number of carbonyl (C=O) groups is 2. The van der Waals surface area contributed by atoms with Gasteiger partial charge in [0.1, 0.15) is 11.6 Å². The maximum absolute atomic E-state index is 11.7. The molecule has 2 fully saturated rings. The zero-order valence-electron chi connectivity index (χ0n) is 9.93. The molecule has 0 N–H and O–H groups in total. The van der Waals surface area contributed by atoms with Crippen molar-refractivity contribution in [1.29, 1.82) is 0 Å². The van der Waals surface area contributed by atoms with Crippen LogP contribution in [0.25, 0.3) is 0 Å². The fraction of sp³-hybridized carbons (Fsp3) is 0.846. The monoisotopic (exact) mass is 208 g/mol. The molecule has 0 bridgehead atoms. The van der Waals surface area contributed by atoms with Crippen molar-refractivity contribution in [1.82, 2.24) is 0 Å². The Morgan fingerprint density at radius 1 is 1.27 bits per heavy atom. The van der Waals surface area contributed by atoms with Gasteiger partial charge in [-0.2, -0.15) is 0 Å². The van der Waals surface area contributed by atoms with Gasteiger partial charge < -0.3 is 0 Å². The average molecular weight is 208 g/mol. The molecule has 1 spiro atoms. The van der Waals surface area contributed by atoms with Crippen molar-refractivity contribution in [2.75, 3.05) is 0 Å². The summed E-state index contributed by atoms with van der Waals surface area (Å²) in [5.74, 6) is 1.05. The zero-order valence-corrected chi connectivity index (χ0v) is 9.93. The lowest BCUT2D eigenvalue weighted by molar-refractivity contribution is -0.133. The number of Topliss-reactive ketones (excluding diaryl/α,β-unsaturated/α-hetero) is 2. The molecule has 84 valence electrons. The summed E-state index contributed by atoms with van der Waals surface area (Å²) >= 11 is 0. The zero-order chi connectivity index (χ0) is 11.3. The highest BCUT2D eigenvalue weighted by Crippen LogP contribution is 2.55. The van der Waals surface area contributed by atoms with Crippen molar-refractivity contribution in [3.05, 3.63) is 0 Å². The first kappa shape index (κ1) is 10.8. The molecule has 0 heterocycles. The van der Waals surface area contributed by atoms with Crippen molar-refractivity contribution < 1.29 is 9.59 Å². The minimum atomic E-state index is -0.201. The molecule has 2 nitrogen and oxygen atoms in total. The van der Waals surface area contributed by atoms with Crippen LogP contribution >= 0.6 is 0 Å². The van der Waals surface area contributed by atoms with E-state index in [1.165, 1.54) is 6.42 Å². The first-order chi connectivity index (χ1) is 6.81. The van der Waals surface area contributed by atoms with Crippen LogP contribution in [0.2, 0.25) is 0 Å². The standard InChI is InChI=1S/C13H20O2/c1-12(2,3)5-9-6-13(7-9)8-10(14)4-11(13)15/h9H,4-8H2,1-3H3. The van der Waals surface area contributed by atoms with Crippen molar-refractivity contribution in [3.63, 3.8) is 0 Å². The molecule has 0 radical (unpaired) electrons. The van der Waals surface area contributed by atoms with Crippen molar-refractivity contribution >= 4 is 11.6 Å². The molecule has 0 unspecified atom stereocenters. The van der Waals surface area contributed by atoms with E-state index < -0.39 is 0 Å². The number of ketones is 2. The second-order valence-electron chi connectivity index (χ2n) is 6.63. The van der Waals surface area contributed by atoms with Crippen LogP contribution in [0.3, 0.4) is 0 Å². The van der Waals surface area contributed by atoms with Crippen molar-refractivity contribution in [2.24, 2.45) is 16.7 Å². The summed E-state index contributed by atoms with van der Waals surface area (Å²) in [4.78, 5) is 22.9. The van der Waals surface area contributed by atoms with Crippen molar-refractivity contribution in [3.8, 4) is 0 Å². The van der Waals surface area contributed by atoms with Crippen LogP contribution < -0.4 is 0 Å². The molecule has 2 aliphatic rings. The molecule has 2 saturated carbocycles. The van der Waals surface area contributed by atoms with Gasteiger partial charge in [0.05, 0.1) is 6.42 Å². The van der Waals surface area contributed by atoms with Crippen LogP contribution in [0.15, 0.2) is 0 Å². The molecule has 0 aromatic rings. The Morgan fingerprint density at radius 3 is 2.27 bits per heavy atom. The van der Waals surface area contributed by atoms with E-state index in [1.54, 1.807) is 0 Å². The quantitative estimate of drug-likeness (QED) is 0.621. The number of hydrogen-bond acceptors (Lipinski definition) is 2. The third kappa shape index (κ3) is 1.99. The Kier molecular flexibility index (Phi) is 2.29. The van der Waals surface area contributed by atoms with Crippen LogP contribution in [-0.4, -0.2) is 11.6 Å². The number of carbonyl (C=O) groups excluding carboxylic acids is 2. The highest BCUT2D eigenvalue weighted by Gasteiger charge is 2.54. The summed E-state index contributed by atoms with van der Waals surface area (Å²) < 4.78 is 0. The largest absolute Gasteiger partial charge is 0.299 e. The second kappa shape index (κ2) is 3.16. The second-order valence-corrected chi connectivity index (χ2v) is 6.63. The Bertz CT molecular complexity index is 303. The van der Waals surface area contributed by atoms with E-state index in [2.05, 4.69) is 20.8 Å². The summed E-state index contributed by atoms with van der Waals surface area (Å²) in [6.45, 7) is 6.71. The Labute approximate surface area is 91.4 Å². The summed E-state index contributed by atoms with van der Waals surface area (Å²) in [5.41, 5.74) is 0.144. The van der Waals surface area contributed by atoms with Gasteiger partial charge in [0.15, 0.2) is 0 Å². The van der Waals surface area contributed by atoms with Gasteiger partial charge in [0, 0.05) is 11.8 Å². The van der Waals surface area contributed by atoms with Gasteiger partial charge in [-0.3, -0.25) is 9.59 Å². The Morgan fingerprint density at radius 2 is 1.87 bits per heavy atom. The lowest BCUT2D eigenvalue weighted by Gasteiger charge is -2.45. The van der Waals surface area contributed by atoms with Gasteiger partial charge >= 0.3 is 0 Å². The van der Waals surface area contributed by atoms with Gasteiger partial charge in [-0.05, 0) is 30.6 Å². The van der Waals surface area contributed by atoms with E-state index in [4.69, 9.17) is 0 Å². The topological polar surface area (TPSA) is 34.1 Å². The van der Waals surface area contributed by atoms with E-state index >= 15 is 0 Å².